The average Bonchev–Trinajstić information content (AvgIpc) is 2.84. The second-order valence-electron chi connectivity index (χ2n) is 7.28. The molecule has 5 heteroatoms. The van der Waals surface area contributed by atoms with Gasteiger partial charge in [-0.05, 0) is 34.0 Å². The van der Waals surface area contributed by atoms with E-state index < -0.39 is 0 Å². The van der Waals surface area contributed by atoms with E-state index in [1.807, 2.05) is 54.6 Å². The van der Waals surface area contributed by atoms with Crippen molar-refractivity contribution in [1.29, 1.82) is 5.26 Å². The SMILES string of the molecule is N#CCSc1ccccc1NC(=O)CNC(c1ccccc1)c1cccc2ccccc12. The van der Waals surface area contributed by atoms with Crippen LogP contribution in [-0.4, -0.2) is 18.2 Å². The van der Waals surface area contributed by atoms with E-state index in [1.54, 1.807) is 0 Å². The molecule has 4 nitrogen and oxygen atoms in total. The van der Waals surface area contributed by atoms with E-state index in [2.05, 4.69) is 59.2 Å². The zero-order valence-corrected chi connectivity index (χ0v) is 18.3. The lowest BCUT2D eigenvalue weighted by molar-refractivity contribution is -0.115. The van der Waals surface area contributed by atoms with Crippen LogP contribution < -0.4 is 10.6 Å². The molecule has 4 rings (SSSR count). The van der Waals surface area contributed by atoms with Crippen LogP contribution in [0.25, 0.3) is 10.8 Å². The Hall–Kier alpha value is -3.59. The van der Waals surface area contributed by atoms with Gasteiger partial charge in [-0.3, -0.25) is 10.1 Å². The Balaban J connectivity index is 1.56. The quantitative estimate of drug-likeness (QED) is 0.343. The van der Waals surface area contributed by atoms with Gasteiger partial charge in [0.15, 0.2) is 0 Å². The number of para-hydroxylation sites is 1. The second kappa shape index (κ2) is 10.6. The Labute approximate surface area is 192 Å². The number of rotatable bonds is 8. The van der Waals surface area contributed by atoms with Gasteiger partial charge in [-0.2, -0.15) is 5.26 Å². The summed E-state index contributed by atoms with van der Waals surface area (Å²) in [6.07, 6.45) is 0. The zero-order valence-electron chi connectivity index (χ0n) is 17.5. The number of hydrogen-bond acceptors (Lipinski definition) is 4. The highest BCUT2D eigenvalue weighted by atomic mass is 32.2. The van der Waals surface area contributed by atoms with Crippen molar-refractivity contribution in [3.05, 3.63) is 108 Å². The number of nitriles is 1. The van der Waals surface area contributed by atoms with Crippen LogP contribution in [0.5, 0.6) is 0 Å². The molecule has 0 heterocycles. The molecular formula is C27H23N3OS. The normalized spacial score (nSPS) is 11.6. The maximum Gasteiger partial charge on any atom is 0.238 e. The molecule has 0 aliphatic rings. The predicted octanol–water partition coefficient (Wildman–Crippen LogP) is 5.77. The maximum atomic E-state index is 12.8. The van der Waals surface area contributed by atoms with Gasteiger partial charge in [-0.15, -0.1) is 11.8 Å². The van der Waals surface area contributed by atoms with E-state index in [-0.39, 0.29) is 18.5 Å². The second-order valence-corrected chi connectivity index (χ2v) is 8.30. The third kappa shape index (κ3) is 5.17. The number of carbonyl (C=O) groups excluding carboxylic acids is 1. The first-order valence-corrected chi connectivity index (χ1v) is 11.4. The molecule has 1 unspecified atom stereocenters. The Kier molecular flexibility index (Phi) is 7.19. The zero-order chi connectivity index (χ0) is 22.2. The highest BCUT2D eigenvalue weighted by molar-refractivity contribution is 7.99. The highest BCUT2D eigenvalue weighted by Gasteiger charge is 2.18. The third-order valence-electron chi connectivity index (χ3n) is 5.19. The summed E-state index contributed by atoms with van der Waals surface area (Å²) in [5, 5.41) is 17.6. The van der Waals surface area contributed by atoms with Crippen LogP contribution in [0, 0.1) is 11.3 Å². The topological polar surface area (TPSA) is 64.9 Å². The summed E-state index contributed by atoms with van der Waals surface area (Å²) in [6, 6.07) is 34.3. The first-order valence-electron chi connectivity index (χ1n) is 10.4. The summed E-state index contributed by atoms with van der Waals surface area (Å²) >= 11 is 1.41. The van der Waals surface area contributed by atoms with Crippen molar-refractivity contribution in [1.82, 2.24) is 5.32 Å². The summed E-state index contributed by atoms with van der Waals surface area (Å²) in [4.78, 5) is 13.7. The number of amides is 1. The Bertz CT molecular complexity index is 1250. The largest absolute Gasteiger partial charge is 0.324 e. The summed E-state index contributed by atoms with van der Waals surface area (Å²) in [6.45, 7) is 0.153. The molecule has 1 atom stereocenters. The Morgan fingerprint density at radius 3 is 2.44 bits per heavy atom. The molecule has 1 amide bonds. The third-order valence-corrected chi connectivity index (χ3v) is 6.13. The number of anilines is 1. The number of benzene rings is 4. The van der Waals surface area contributed by atoms with Gasteiger partial charge < -0.3 is 5.32 Å². The lowest BCUT2D eigenvalue weighted by Crippen LogP contribution is -2.32. The minimum absolute atomic E-state index is 0.128. The van der Waals surface area contributed by atoms with E-state index in [9.17, 15) is 4.79 Å². The molecule has 0 radical (unpaired) electrons. The molecule has 158 valence electrons. The molecule has 4 aromatic carbocycles. The van der Waals surface area contributed by atoms with E-state index in [0.29, 0.717) is 5.75 Å². The minimum atomic E-state index is -0.129. The first kappa shape index (κ1) is 21.6. The van der Waals surface area contributed by atoms with Crippen molar-refractivity contribution in [3.63, 3.8) is 0 Å². The van der Waals surface area contributed by atoms with Gasteiger partial charge in [0, 0.05) is 4.90 Å². The summed E-state index contributed by atoms with van der Waals surface area (Å²) in [5.41, 5.74) is 2.95. The van der Waals surface area contributed by atoms with E-state index in [1.165, 1.54) is 17.1 Å². The summed E-state index contributed by atoms with van der Waals surface area (Å²) < 4.78 is 0. The molecule has 0 aromatic heterocycles. The molecule has 0 bridgehead atoms. The monoisotopic (exact) mass is 437 g/mol. The number of carbonyl (C=O) groups is 1. The van der Waals surface area contributed by atoms with Gasteiger partial charge in [0.2, 0.25) is 5.91 Å². The summed E-state index contributed by atoms with van der Waals surface area (Å²) in [7, 11) is 0. The lowest BCUT2D eigenvalue weighted by Gasteiger charge is -2.21. The van der Waals surface area contributed by atoms with E-state index >= 15 is 0 Å². The van der Waals surface area contributed by atoms with Crippen LogP contribution in [-0.2, 0) is 4.79 Å². The maximum absolute atomic E-state index is 12.8. The number of thioether (sulfide) groups is 1. The number of nitrogens with one attached hydrogen (secondary N) is 2. The minimum Gasteiger partial charge on any atom is -0.324 e. The average molecular weight is 438 g/mol. The van der Waals surface area contributed by atoms with Crippen molar-refractivity contribution in [2.75, 3.05) is 17.6 Å². The van der Waals surface area contributed by atoms with Gasteiger partial charge in [0.1, 0.15) is 0 Å². The molecule has 0 aliphatic heterocycles. The molecule has 0 saturated carbocycles. The number of nitrogens with zero attached hydrogens (tertiary/aromatic N) is 1. The van der Waals surface area contributed by atoms with Crippen molar-refractivity contribution < 1.29 is 4.79 Å². The first-order chi connectivity index (χ1) is 15.8. The molecule has 4 aromatic rings. The number of fused-ring (bicyclic) bond motifs is 1. The van der Waals surface area contributed by atoms with Gasteiger partial charge in [0.25, 0.3) is 0 Å². The Morgan fingerprint density at radius 2 is 1.59 bits per heavy atom. The molecular weight excluding hydrogens is 414 g/mol. The van der Waals surface area contributed by atoms with Crippen LogP contribution in [0.3, 0.4) is 0 Å². The Morgan fingerprint density at radius 1 is 0.875 bits per heavy atom. The van der Waals surface area contributed by atoms with Crippen LogP contribution >= 0.6 is 11.8 Å². The molecule has 0 fully saturated rings. The molecule has 0 aliphatic carbocycles. The van der Waals surface area contributed by atoms with Crippen LogP contribution in [0.1, 0.15) is 17.2 Å². The van der Waals surface area contributed by atoms with E-state index in [0.717, 1.165) is 27.1 Å². The van der Waals surface area contributed by atoms with Gasteiger partial charge in [0.05, 0.1) is 30.1 Å². The fourth-order valence-corrected chi connectivity index (χ4v) is 4.42. The molecule has 32 heavy (non-hydrogen) atoms. The highest BCUT2D eigenvalue weighted by Crippen LogP contribution is 2.29. The van der Waals surface area contributed by atoms with Gasteiger partial charge in [-0.1, -0.05) is 84.9 Å². The van der Waals surface area contributed by atoms with Gasteiger partial charge in [-0.25, -0.2) is 0 Å². The summed E-state index contributed by atoms with van der Waals surface area (Å²) in [5.74, 6) is 0.207. The van der Waals surface area contributed by atoms with Crippen LogP contribution in [0.15, 0.2) is 102 Å². The van der Waals surface area contributed by atoms with Crippen LogP contribution in [0.4, 0.5) is 5.69 Å². The smallest absolute Gasteiger partial charge is 0.238 e. The van der Waals surface area contributed by atoms with Crippen molar-refractivity contribution >= 4 is 34.1 Å². The fraction of sp³-hybridized carbons (Fsp3) is 0.111. The van der Waals surface area contributed by atoms with Gasteiger partial charge >= 0.3 is 0 Å². The fourth-order valence-electron chi connectivity index (χ4n) is 3.75. The lowest BCUT2D eigenvalue weighted by atomic mass is 9.93. The number of hydrogen-bond donors (Lipinski definition) is 2. The van der Waals surface area contributed by atoms with Crippen molar-refractivity contribution in [2.45, 2.75) is 10.9 Å². The van der Waals surface area contributed by atoms with E-state index in [4.69, 9.17) is 5.26 Å². The predicted molar refractivity (Wildman–Crippen MR) is 132 cm³/mol. The molecule has 0 spiro atoms. The molecule has 2 N–H and O–H groups in total. The van der Waals surface area contributed by atoms with Crippen molar-refractivity contribution in [3.8, 4) is 6.07 Å². The molecule has 0 saturated heterocycles. The standard InChI is InChI=1S/C27H23N3OS/c28-17-18-32-25-16-7-6-15-24(25)30-26(31)19-29-27(21-10-2-1-3-11-21)23-14-8-12-20-9-4-5-13-22(20)23/h1-16,27,29H,18-19H2,(H,30,31). The van der Waals surface area contributed by atoms with Crippen LogP contribution in [0.2, 0.25) is 0 Å². The van der Waals surface area contributed by atoms with Crippen molar-refractivity contribution in [2.24, 2.45) is 0 Å².